The van der Waals surface area contributed by atoms with Crippen LogP contribution in [0.15, 0.2) is 79.1 Å². The van der Waals surface area contributed by atoms with Gasteiger partial charge in [0.1, 0.15) is 0 Å². The summed E-state index contributed by atoms with van der Waals surface area (Å²) >= 11 is 0. The molecule has 1 aromatic heterocycles. The molecule has 0 aliphatic carbocycles. The highest BCUT2D eigenvalue weighted by molar-refractivity contribution is 5.69. The third-order valence-corrected chi connectivity index (χ3v) is 5.42. The van der Waals surface area contributed by atoms with Gasteiger partial charge in [0.2, 0.25) is 0 Å². The monoisotopic (exact) mass is 398 g/mol. The van der Waals surface area contributed by atoms with Crippen LogP contribution in [0.1, 0.15) is 53.4 Å². The molecule has 0 spiro atoms. The van der Waals surface area contributed by atoms with Gasteiger partial charge in [-0.05, 0) is 47.6 Å². The van der Waals surface area contributed by atoms with Crippen LogP contribution in [0.5, 0.6) is 0 Å². The average Bonchev–Trinajstić information content (AvgIpc) is 2.82. The number of nitrogens with zero attached hydrogens (tertiary/aromatic N) is 2. The minimum absolute atomic E-state index is 0.178. The fourth-order valence-electron chi connectivity index (χ4n) is 3.70. The van der Waals surface area contributed by atoms with E-state index in [1.54, 1.807) is 6.20 Å². The summed E-state index contributed by atoms with van der Waals surface area (Å²) in [6, 6.07) is 24.9. The number of carbonyl (C=O) groups is 1. The zero-order valence-corrected chi connectivity index (χ0v) is 17.2. The quantitative estimate of drug-likeness (QED) is 0.452. The van der Waals surface area contributed by atoms with E-state index in [0.29, 0.717) is 12.8 Å². The van der Waals surface area contributed by atoms with E-state index in [1.807, 2.05) is 54.7 Å². The second-order valence-corrected chi connectivity index (χ2v) is 7.33. The minimum Gasteiger partial charge on any atom is -0.469 e. The Labute approximate surface area is 178 Å². The van der Waals surface area contributed by atoms with Gasteiger partial charge in [0.05, 0.1) is 19.1 Å². The van der Waals surface area contributed by atoms with E-state index in [4.69, 9.17) is 4.74 Å². The van der Waals surface area contributed by atoms with Crippen LogP contribution in [0, 0.1) is 11.3 Å². The predicted octanol–water partition coefficient (Wildman–Crippen LogP) is 5.41. The number of hydrogen-bond acceptors (Lipinski definition) is 4. The Morgan fingerprint density at radius 2 is 1.70 bits per heavy atom. The molecule has 0 amide bonds. The lowest BCUT2D eigenvalue weighted by Crippen LogP contribution is -2.05. The molecule has 0 radical (unpaired) electrons. The molecule has 30 heavy (non-hydrogen) atoms. The fourth-order valence-corrected chi connectivity index (χ4v) is 3.70. The molecule has 1 heterocycles. The molecule has 3 rings (SSSR count). The smallest absolute Gasteiger partial charge is 0.305 e. The predicted molar refractivity (Wildman–Crippen MR) is 117 cm³/mol. The second-order valence-electron chi connectivity index (χ2n) is 7.33. The van der Waals surface area contributed by atoms with Crippen molar-refractivity contribution in [1.82, 2.24) is 4.98 Å². The van der Waals surface area contributed by atoms with Crippen LogP contribution >= 0.6 is 0 Å². The van der Waals surface area contributed by atoms with Crippen molar-refractivity contribution in [2.75, 3.05) is 7.11 Å². The number of pyridine rings is 1. The normalized spacial score (nSPS) is 12.5. The van der Waals surface area contributed by atoms with Gasteiger partial charge in [0.15, 0.2) is 0 Å². The zero-order chi connectivity index (χ0) is 21.2. The average molecular weight is 399 g/mol. The molecule has 3 aromatic rings. The summed E-state index contributed by atoms with van der Waals surface area (Å²) in [5.41, 5.74) is 4.48. The first-order valence-corrected chi connectivity index (χ1v) is 10.2. The summed E-state index contributed by atoms with van der Waals surface area (Å²) < 4.78 is 4.69. The Hall–Kier alpha value is -3.45. The standard InChI is InChI=1S/C26H26N2O2/c1-30-26(29)16-11-20-9-12-21(13-10-20)23(18-27)14-15-25(22-6-3-2-4-7-22)24-8-5-17-28-19-24/h2-10,12-13,17,19,23,25H,11,14-16H2,1H3. The van der Waals surface area contributed by atoms with Gasteiger partial charge >= 0.3 is 5.97 Å². The Morgan fingerprint density at radius 1 is 0.967 bits per heavy atom. The van der Waals surface area contributed by atoms with Crippen LogP contribution in [0.3, 0.4) is 0 Å². The Balaban J connectivity index is 1.70. The van der Waals surface area contributed by atoms with Crippen molar-refractivity contribution in [3.8, 4) is 6.07 Å². The number of nitriles is 1. The maximum Gasteiger partial charge on any atom is 0.305 e. The fraction of sp³-hybridized carbons (Fsp3) is 0.269. The molecule has 0 N–H and O–H groups in total. The van der Waals surface area contributed by atoms with Crippen molar-refractivity contribution in [1.29, 1.82) is 5.26 Å². The van der Waals surface area contributed by atoms with Gasteiger partial charge < -0.3 is 4.74 Å². The summed E-state index contributed by atoms with van der Waals surface area (Å²) in [6.45, 7) is 0. The van der Waals surface area contributed by atoms with E-state index in [2.05, 4.69) is 29.3 Å². The molecule has 152 valence electrons. The molecule has 0 fully saturated rings. The molecule has 2 unspecified atom stereocenters. The molecule has 4 heteroatoms. The highest BCUT2D eigenvalue weighted by Crippen LogP contribution is 2.32. The molecule has 0 bridgehead atoms. The Bertz CT molecular complexity index is 924. The van der Waals surface area contributed by atoms with E-state index < -0.39 is 0 Å². The van der Waals surface area contributed by atoms with Gasteiger partial charge in [-0.15, -0.1) is 0 Å². The first kappa shape index (κ1) is 21.3. The number of aromatic nitrogens is 1. The van der Waals surface area contributed by atoms with Crippen molar-refractivity contribution in [3.05, 3.63) is 101 Å². The van der Waals surface area contributed by atoms with Crippen LogP contribution in [0.4, 0.5) is 0 Å². The lowest BCUT2D eigenvalue weighted by atomic mass is 9.84. The van der Waals surface area contributed by atoms with Gasteiger partial charge in [0, 0.05) is 24.7 Å². The maximum absolute atomic E-state index is 11.3. The van der Waals surface area contributed by atoms with Crippen molar-refractivity contribution in [2.24, 2.45) is 0 Å². The SMILES string of the molecule is COC(=O)CCc1ccc(C(C#N)CCC(c2ccccc2)c2cccnc2)cc1. The number of carbonyl (C=O) groups excluding carboxylic acids is 1. The number of ether oxygens (including phenoxy) is 1. The topological polar surface area (TPSA) is 63.0 Å². The van der Waals surface area contributed by atoms with Gasteiger partial charge in [0.25, 0.3) is 0 Å². The van der Waals surface area contributed by atoms with Crippen LogP contribution in [0.2, 0.25) is 0 Å². The van der Waals surface area contributed by atoms with Gasteiger partial charge in [-0.2, -0.15) is 5.26 Å². The Morgan fingerprint density at radius 3 is 2.33 bits per heavy atom. The molecular weight excluding hydrogens is 372 g/mol. The van der Waals surface area contributed by atoms with Gasteiger partial charge in [-0.25, -0.2) is 0 Å². The van der Waals surface area contributed by atoms with Crippen molar-refractivity contribution >= 4 is 5.97 Å². The number of hydrogen-bond donors (Lipinski definition) is 0. The van der Waals surface area contributed by atoms with E-state index in [-0.39, 0.29) is 17.8 Å². The van der Waals surface area contributed by atoms with Crippen LogP contribution in [-0.2, 0) is 16.0 Å². The van der Waals surface area contributed by atoms with Crippen molar-refractivity contribution in [3.63, 3.8) is 0 Å². The van der Waals surface area contributed by atoms with E-state index >= 15 is 0 Å². The second kappa shape index (κ2) is 10.9. The lowest BCUT2D eigenvalue weighted by molar-refractivity contribution is -0.140. The first-order valence-electron chi connectivity index (χ1n) is 10.2. The number of benzene rings is 2. The molecule has 0 saturated carbocycles. The molecule has 4 nitrogen and oxygen atoms in total. The molecule has 0 saturated heterocycles. The van der Waals surface area contributed by atoms with Crippen molar-refractivity contribution in [2.45, 2.75) is 37.5 Å². The summed E-state index contributed by atoms with van der Waals surface area (Å²) in [5.74, 6) is -0.186. The molecule has 2 aromatic carbocycles. The van der Waals surface area contributed by atoms with E-state index in [9.17, 15) is 10.1 Å². The van der Waals surface area contributed by atoms with E-state index in [0.717, 1.165) is 24.0 Å². The third kappa shape index (κ3) is 5.78. The minimum atomic E-state index is -0.212. The van der Waals surface area contributed by atoms with Crippen LogP contribution in [-0.4, -0.2) is 18.1 Å². The van der Waals surface area contributed by atoms with E-state index in [1.165, 1.54) is 18.2 Å². The van der Waals surface area contributed by atoms with Gasteiger partial charge in [-0.3, -0.25) is 9.78 Å². The van der Waals surface area contributed by atoms with Crippen LogP contribution in [0.25, 0.3) is 0 Å². The highest BCUT2D eigenvalue weighted by Gasteiger charge is 2.18. The molecule has 0 aliphatic rings. The number of methoxy groups -OCH3 is 1. The van der Waals surface area contributed by atoms with Gasteiger partial charge in [-0.1, -0.05) is 60.7 Å². The number of esters is 1. The summed E-state index contributed by atoms with van der Waals surface area (Å²) in [6.07, 6.45) is 6.31. The third-order valence-electron chi connectivity index (χ3n) is 5.42. The Kier molecular flexibility index (Phi) is 7.74. The largest absolute Gasteiger partial charge is 0.469 e. The summed E-state index contributed by atoms with van der Waals surface area (Å²) in [5, 5.41) is 9.79. The molecular formula is C26H26N2O2. The maximum atomic E-state index is 11.3. The first-order chi connectivity index (χ1) is 14.7. The highest BCUT2D eigenvalue weighted by atomic mass is 16.5. The van der Waals surface area contributed by atoms with Crippen LogP contribution < -0.4 is 0 Å². The number of rotatable bonds is 9. The summed E-state index contributed by atoms with van der Waals surface area (Å²) in [4.78, 5) is 15.6. The molecule has 0 aliphatic heterocycles. The number of aryl methyl sites for hydroxylation is 1. The lowest BCUT2D eigenvalue weighted by Gasteiger charge is -2.19. The zero-order valence-electron chi connectivity index (χ0n) is 17.2. The van der Waals surface area contributed by atoms with Crippen molar-refractivity contribution < 1.29 is 9.53 Å². The summed E-state index contributed by atoms with van der Waals surface area (Å²) in [7, 11) is 1.40. The molecule has 2 atom stereocenters.